The van der Waals surface area contributed by atoms with Crippen LogP contribution in [0.2, 0.25) is 0 Å². The molecule has 0 radical (unpaired) electrons. The second-order valence-corrected chi connectivity index (χ2v) is 8.60. The Bertz CT molecular complexity index is 916. The number of fused-ring (bicyclic) bond motifs is 1. The normalized spacial score (nSPS) is 16.0. The van der Waals surface area contributed by atoms with Gasteiger partial charge in [0.05, 0.1) is 37.5 Å². The molecule has 1 aliphatic heterocycles. The summed E-state index contributed by atoms with van der Waals surface area (Å²) in [7, 11) is -3.57. The summed E-state index contributed by atoms with van der Waals surface area (Å²) < 4.78 is 34.5. The summed E-state index contributed by atoms with van der Waals surface area (Å²) in [4.78, 5) is 14.4. The summed E-state index contributed by atoms with van der Waals surface area (Å²) in [6, 6.07) is 5.08. The summed E-state index contributed by atoms with van der Waals surface area (Å²) in [5, 5.41) is 8.99. The van der Waals surface area contributed by atoms with Crippen molar-refractivity contribution in [2.24, 2.45) is 0 Å². The first-order valence-electron chi connectivity index (χ1n) is 9.27. The summed E-state index contributed by atoms with van der Waals surface area (Å²) >= 11 is 0. The number of sulfonamides is 1. The number of carboxylic acid groups (broad SMARTS) is 1. The molecule has 1 aliphatic rings. The van der Waals surface area contributed by atoms with E-state index in [1.165, 1.54) is 4.31 Å². The maximum Gasteiger partial charge on any atom is 0.303 e. The third-order valence-electron chi connectivity index (χ3n) is 4.78. The lowest BCUT2D eigenvalue weighted by molar-refractivity contribution is -0.679. The third kappa shape index (κ3) is 4.31. The van der Waals surface area contributed by atoms with Crippen LogP contribution in [0.3, 0.4) is 0 Å². The highest BCUT2D eigenvalue weighted by Crippen LogP contribution is 2.21. The van der Waals surface area contributed by atoms with Crippen molar-refractivity contribution >= 4 is 27.0 Å². The van der Waals surface area contributed by atoms with E-state index in [0.717, 1.165) is 30.7 Å². The van der Waals surface area contributed by atoms with E-state index < -0.39 is 16.0 Å². The zero-order chi connectivity index (χ0) is 19.4. The number of nitrogens with one attached hydrogen (secondary N) is 1. The first kappa shape index (κ1) is 19.8. The molecule has 9 heteroatoms. The fourth-order valence-corrected chi connectivity index (χ4v) is 4.74. The van der Waals surface area contributed by atoms with E-state index >= 15 is 0 Å². The molecule has 2 heterocycles. The Hall–Kier alpha value is -1.97. The second kappa shape index (κ2) is 8.37. The number of unbranched alkanes of at least 4 members (excludes halogenated alkanes) is 1. The molecule has 0 spiro atoms. The predicted octanol–water partition coefficient (Wildman–Crippen LogP) is 1.29. The van der Waals surface area contributed by atoms with Gasteiger partial charge in [0.25, 0.3) is 5.82 Å². The highest BCUT2D eigenvalue weighted by Gasteiger charge is 2.28. The predicted molar refractivity (Wildman–Crippen MR) is 98.9 cm³/mol. The largest absolute Gasteiger partial charge is 0.481 e. The van der Waals surface area contributed by atoms with Gasteiger partial charge in [-0.25, -0.2) is 18.0 Å². The van der Waals surface area contributed by atoms with Gasteiger partial charge < -0.3 is 9.84 Å². The van der Waals surface area contributed by atoms with Crippen LogP contribution in [0.25, 0.3) is 11.0 Å². The fraction of sp³-hybridized carbons (Fsp3) is 0.556. The molecule has 8 nitrogen and oxygen atoms in total. The number of ether oxygens (including phenoxy) is 1. The number of hydrogen-bond acceptors (Lipinski definition) is 4. The van der Waals surface area contributed by atoms with Crippen molar-refractivity contribution in [1.82, 2.24) is 9.29 Å². The molecule has 2 aromatic rings. The van der Waals surface area contributed by atoms with Gasteiger partial charge in [-0.1, -0.05) is 13.3 Å². The molecule has 2 N–H and O–H groups in total. The number of aliphatic carboxylic acids is 1. The van der Waals surface area contributed by atoms with Crippen molar-refractivity contribution in [2.75, 3.05) is 26.3 Å². The van der Waals surface area contributed by atoms with Gasteiger partial charge in [-0.15, -0.1) is 0 Å². The molecule has 3 rings (SSSR count). The monoisotopic (exact) mass is 396 g/mol. The van der Waals surface area contributed by atoms with E-state index in [2.05, 4.69) is 16.5 Å². The van der Waals surface area contributed by atoms with Crippen LogP contribution in [0.5, 0.6) is 0 Å². The molecule has 0 aliphatic carbocycles. The van der Waals surface area contributed by atoms with Crippen molar-refractivity contribution in [1.29, 1.82) is 0 Å². The highest BCUT2D eigenvalue weighted by molar-refractivity contribution is 7.89. The summed E-state index contributed by atoms with van der Waals surface area (Å²) in [6.07, 6.45) is 2.38. The SMILES string of the molecule is CCCC[n+]1c(CCC(=O)O)[nH]c2cc(S(=O)(=O)N3CCOCC3)ccc21. The molecule has 0 atom stereocenters. The van der Waals surface area contributed by atoms with Crippen molar-refractivity contribution in [3.8, 4) is 0 Å². The first-order valence-corrected chi connectivity index (χ1v) is 10.7. The average Bonchev–Trinajstić information content (AvgIpc) is 3.02. The molecule has 1 aromatic carbocycles. The van der Waals surface area contributed by atoms with Crippen LogP contribution in [0, 0.1) is 0 Å². The topological polar surface area (TPSA) is 104 Å². The zero-order valence-electron chi connectivity index (χ0n) is 15.5. The van der Waals surface area contributed by atoms with Crippen LogP contribution in [-0.2, 0) is 32.5 Å². The van der Waals surface area contributed by atoms with Gasteiger partial charge in [0, 0.05) is 19.2 Å². The number of aromatic nitrogens is 2. The number of morpholine rings is 1. The van der Waals surface area contributed by atoms with Gasteiger partial charge in [0.15, 0.2) is 11.0 Å². The van der Waals surface area contributed by atoms with Gasteiger partial charge in [0.2, 0.25) is 10.0 Å². The van der Waals surface area contributed by atoms with Crippen LogP contribution in [0.4, 0.5) is 0 Å². The molecule has 0 bridgehead atoms. The summed E-state index contributed by atoms with van der Waals surface area (Å²) in [5.41, 5.74) is 1.60. The zero-order valence-corrected chi connectivity index (χ0v) is 16.3. The Kier molecular flexibility index (Phi) is 6.13. The van der Waals surface area contributed by atoms with Crippen molar-refractivity contribution in [2.45, 2.75) is 44.0 Å². The number of nitrogens with zero attached hydrogens (tertiary/aromatic N) is 2. The van der Waals surface area contributed by atoms with Gasteiger partial charge >= 0.3 is 5.97 Å². The lowest BCUT2D eigenvalue weighted by atomic mass is 10.2. The molecule has 0 amide bonds. The van der Waals surface area contributed by atoms with Crippen LogP contribution < -0.4 is 4.57 Å². The average molecular weight is 396 g/mol. The van der Waals surface area contributed by atoms with Crippen LogP contribution >= 0.6 is 0 Å². The van der Waals surface area contributed by atoms with E-state index in [4.69, 9.17) is 9.84 Å². The Morgan fingerprint density at radius 1 is 1.33 bits per heavy atom. The van der Waals surface area contributed by atoms with Crippen LogP contribution in [0.1, 0.15) is 32.0 Å². The Labute approximate surface area is 158 Å². The van der Waals surface area contributed by atoms with Gasteiger partial charge in [0.1, 0.15) is 0 Å². The van der Waals surface area contributed by atoms with Gasteiger partial charge in [-0.05, 0) is 18.6 Å². The quantitative estimate of drug-likeness (QED) is 0.655. The molecule has 0 unspecified atom stereocenters. The Balaban J connectivity index is 1.97. The number of rotatable bonds is 8. The minimum absolute atomic E-state index is 0.0257. The molecule has 0 saturated carbocycles. The maximum atomic E-state index is 12.9. The van der Waals surface area contributed by atoms with E-state index in [0.29, 0.717) is 38.2 Å². The van der Waals surface area contributed by atoms with E-state index in [1.807, 2.05) is 0 Å². The third-order valence-corrected chi connectivity index (χ3v) is 6.68. The molecule has 1 saturated heterocycles. The lowest BCUT2D eigenvalue weighted by Gasteiger charge is -2.25. The standard InChI is InChI=1S/C18H25N3O5S/c1-2-3-8-21-16-5-4-14(27(24,25)20-9-11-26-12-10-20)13-15(16)19-17(21)6-7-18(22)23/h4-5,13H,2-3,6-12H2,1H3,(H,22,23)/p+1. The summed E-state index contributed by atoms with van der Waals surface area (Å²) in [6.45, 7) is 4.37. The first-order chi connectivity index (χ1) is 12.9. The second-order valence-electron chi connectivity index (χ2n) is 6.67. The smallest absolute Gasteiger partial charge is 0.303 e. The van der Waals surface area contributed by atoms with Crippen LogP contribution in [0.15, 0.2) is 23.1 Å². The Morgan fingerprint density at radius 3 is 2.74 bits per heavy atom. The van der Waals surface area contributed by atoms with Gasteiger partial charge in [-0.2, -0.15) is 4.31 Å². The number of imidazole rings is 1. The number of benzene rings is 1. The molecule has 1 aromatic heterocycles. The summed E-state index contributed by atoms with van der Waals surface area (Å²) in [5.74, 6) is -0.0481. The molecule has 148 valence electrons. The number of carbonyl (C=O) groups is 1. The van der Waals surface area contributed by atoms with E-state index in [9.17, 15) is 13.2 Å². The molecule has 1 fully saturated rings. The van der Waals surface area contributed by atoms with Gasteiger partial charge in [-0.3, -0.25) is 4.79 Å². The number of H-pyrrole nitrogens is 1. The fourth-order valence-electron chi connectivity index (χ4n) is 3.31. The maximum absolute atomic E-state index is 12.9. The minimum Gasteiger partial charge on any atom is -0.481 e. The number of aromatic amines is 1. The number of aryl methyl sites for hydroxylation is 2. The van der Waals surface area contributed by atoms with Crippen molar-refractivity contribution in [3.05, 3.63) is 24.0 Å². The van der Waals surface area contributed by atoms with E-state index in [-0.39, 0.29) is 11.3 Å². The molecular formula is C18H26N3O5S+. The number of hydrogen-bond donors (Lipinski definition) is 2. The Morgan fingerprint density at radius 2 is 2.07 bits per heavy atom. The minimum atomic E-state index is -3.57. The van der Waals surface area contributed by atoms with Crippen molar-refractivity contribution < 1.29 is 27.6 Å². The van der Waals surface area contributed by atoms with Crippen LogP contribution in [-0.4, -0.2) is 55.1 Å². The lowest BCUT2D eigenvalue weighted by Crippen LogP contribution is -2.40. The van der Waals surface area contributed by atoms with Crippen molar-refractivity contribution in [3.63, 3.8) is 0 Å². The molecule has 27 heavy (non-hydrogen) atoms. The molecular weight excluding hydrogens is 370 g/mol. The number of carboxylic acids is 1. The van der Waals surface area contributed by atoms with E-state index in [1.54, 1.807) is 18.2 Å². The highest BCUT2D eigenvalue weighted by atomic mass is 32.2.